The molecule has 6 nitrogen and oxygen atoms in total. The monoisotopic (exact) mass is 446 g/mol. The number of alkyl halides is 3. The lowest BCUT2D eigenvalue weighted by atomic mass is 10.0. The van der Waals surface area contributed by atoms with Crippen molar-refractivity contribution in [3.8, 4) is 5.75 Å². The third-order valence-corrected chi connectivity index (χ3v) is 6.61. The van der Waals surface area contributed by atoms with Crippen molar-refractivity contribution in [2.24, 2.45) is 5.92 Å². The van der Waals surface area contributed by atoms with Gasteiger partial charge >= 0.3 is 6.36 Å². The highest BCUT2D eigenvalue weighted by Gasteiger charge is 2.31. The largest absolute Gasteiger partial charge is 0.573 e. The Kier molecular flexibility index (Phi) is 7.90. The second-order valence-electron chi connectivity index (χ2n) is 7.30. The predicted octanol–water partition coefficient (Wildman–Crippen LogP) is 3.17. The fourth-order valence-corrected chi connectivity index (χ4v) is 4.60. The first-order valence-electron chi connectivity index (χ1n) is 9.88. The van der Waals surface area contributed by atoms with Gasteiger partial charge in [0.1, 0.15) is 16.7 Å². The van der Waals surface area contributed by atoms with Gasteiger partial charge in [0.05, 0.1) is 4.90 Å². The highest BCUT2D eigenvalue weighted by atomic mass is 32.2. The maximum atomic E-state index is 12.7. The molecule has 2 aliphatic heterocycles. The summed E-state index contributed by atoms with van der Waals surface area (Å²) >= 11 is 0. The van der Waals surface area contributed by atoms with Gasteiger partial charge in [-0.15, -0.1) is 13.2 Å². The standard InChI is InChI=1S/C20H25F3N2O4S/c21-20(22,23)29-17-1-3-18(4-2-17)30(27)25-9-5-15(6-10-25)13-19(26)24-14-16-7-11-28-12-8-16/h1-4,13,16H,5-12,14H2,(H,24,26). The van der Waals surface area contributed by atoms with Gasteiger partial charge < -0.3 is 14.8 Å². The molecule has 1 amide bonds. The molecule has 1 unspecified atom stereocenters. The van der Waals surface area contributed by atoms with Crippen molar-refractivity contribution in [3.05, 3.63) is 35.9 Å². The first-order valence-corrected chi connectivity index (χ1v) is 11.0. The number of piperidine rings is 1. The van der Waals surface area contributed by atoms with E-state index in [9.17, 15) is 22.2 Å². The van der Waals surface area contributed by atoms with Gasteiger partial charge in [-0.3, -0.25) is 4.79 Å². The second-order valence-corrected chi connectivity index (χ2v) is 8.79. The van der Waals surface area contributed by atoms with E-state index >= 15 is 0 Å². The van der Waals surface area contributed by atoms with Crippen molar-refractivity contribution in [2.75, 3.05) is 32.8 Å². The highest BCUT2D eigenvalue weighted by Crippen LogP contribution is 2.25. The summed E-state index contributed by atoms with van der Waals surface area (Å²) in [5.41, 5.74) is 1.00. The number of benzene rings is 1. The normalized spacial score (nSPS) is 19.9. The van der Waals surface area contributed by atoms with Crippen LogP contribution in [0.5, 0.6) is 5.75 Å². The molecule has 0 spiro atoms. The molecule has 30 heavy (non-hydrogen) atoms. The van der Waals surface area contributed by atoms with Crippen LogP contribution in [0.2, 0.25) is 0 Å². The smallest absolute Gasteiger partial charge is 0.406 e. The van der Waals surface area contributed by atoms with E-state index < -0.39 is 17.3 Å². The molecule has 0 bridgehead atoms. The Labute approximate surface area is 176 Å². The van der Waals surface area contributed by atoms with Crippen LogP contribution in [0.25, 0.3) is 0 Å². The zero-order chi connectivity index (χ0) is 21.6. The van der Waals surface area contributed by atoms with Crippen LogP contribution in [0.3, 0.4) is 0 Å². The Bertz CT molecular complexity index is 767. The number of hydrogen-bond donors (Lipinski definition) is 1. The van der Waals surface area contributed by atoms with Crippen LogP contribution in [-0.4, -0.2) is 53.6 Å². The van der Waals surface area contributed by atoms with Crippen LogP contribution in [-0.2, 0) is 20.5 Å². The summed E-state index contributed by atoms with van der Waals surface area (Å²) in [6.07, 6.45) is 0.0233. The van der Waals surface area contributed by atoms with Crippen LogP contribution in [0.15, 0.2) is 40.8 Å². The summed E-state index contributed by atoms with van der Waals surface area (Å²) < 4.78 is 60.2. The number of nitrogens with one attached hydrogen (secondary N) is 1. The van der Waals surface area contributed by atoms with Gasteiger partial charge in [0.25, 0.3) is 0 Å². The average Bonchev–Trinajstić information content (AvgIpc) is 2.72. The van der Waals surface area contributed by atoms with E-state index in [1.807, 2.05) is 0 Å². The number of rotatable bonds is 6. The molecule has 0 radical (unpaired) electrons. The Balaban J connectivity index is 1.45. The Morgan fingerprint density at radius 3 is 2.43 bits per heavy atom. The van der Waals surface area contributed by atoms with Crippen molar-refractivity contribution in [2.45, 2.75) is 36.9 Å². The van der Waals surface area contributed by atoms with Gasteiger partial charge in [0.15, 0.2) is 0 Å². The van der Waals surface area contributed by atoms with Gasteiger partial charge in [-0.05, 0) is 55.9 Å². The zero-order valence-electron chi connectivity index (χ0n) is 16.5. The number of hydrogen-bond acceptors (Lipinski definition) is 4. The number of amides is 1. The molecule has 2 heterocycles. The molecule has 1 atom stereocenters. The van der Waals surface area contributed by atoms with Gasteiger partial charge in [0.2, 0.25) is 5.91 Å². The van der Waals surface area contributed by atoms with E-state index in [1.165, 1.54) is 12.1 Å². The summed E-state index contributed by atoms with van der Waals surface area (Å²) in [6.45, 7) is 3.15. The molecule has 0 saturated carbocycles. The maximum Gasteiger partial charge on any atom is 0.573 e. The molecular formula is C20H25F3N2O4S. The first-order chi connectivity index (χ1) is 14.3. The van der Waals surface area contributed by atoms with E-state index in [2.05, 4.69) is 10.1 Å². The zero-order valence-corrected chi connectivity index (χ0v) is 17.3. The fourth-order valence-electron chi connectivity index (χ4n) is 3.42. The molecule has 2 fully saturated rings. The van der Waals surface area contributed by atoms with Gasteiger partial charge in [0, 0.05) is 38.9 Å². The fraction of sp³-hybridized carbons (Fsp3) is 0.550. The predicted molar refractivity (Wildman–Crippen MR) is 105 cm³/mol. The van der Waals surface area contributed by atoms with Crippen molar-refractivity contribution >= 4 is 16.9 Å². The van der Waals surface area contributed by atoms with Crippen LogP contribution in [0.4, 0.5) is 13.2 Å². The van der Waals surface area contributed by atoms with Crippen LogP contribution in [0.1, 0.15) is 25.7 Å². The van der Waals surface area contributed by atoms with Gasteiger partial charge in [-0.1, -0.05) is 5.57 Å². The Morgan fingerprint density at radius 1 is 1.20 bits per heavy atom. The molecule has 10 heteroatoms. The summed E-state index contributed by atoms with van der Waals surface area (Å²) in [5, 5.41) is 2.94. The minimum absolute atomic E-state index is 0.105. The van der Waals surface area contributed by atoms with Crippen LogP contribution >= 0.6 is 0 Å². The maximum absolute atomic E-state index is 12.7. The quantitative estimate of drug-likeness (QED) is 0.682. The molecule has 0 aliphatic carbocycles. The number of carbonyl (C=O) groups excluding carboxylic acids is 1. The number of halogens is 3. The van der Waals surface area contributed by atoms with Gasteiger partial charge in [-0.2, -0.15) is 0 Å². The van der Waals surface area contributed by atoms with Crippen LogP contribution in [0, 0.1) is 5.92 Å². The molecule has 2 saturated heterocycles. The number of nitrogens with zero attached hydrogens (tertiary/aromatic N) is 1. The van der Waals surface area contributed by atoms with E-state index in [0.29, 0.717) is 43.3 Å². The number of carbonyl (C=O) groups is 1. The van der Waals surface area contributed by atoms with Crippen molar-refractivity contribution in [3.63, 3.8) is 0 Å². The Hall–Kier alpha value is -1.91. The van der Waals surface area contributed by atoms with Crippen molar-refractivity contribution < 1.29 is 31.6 Å². The lowest BCUT2D eigenvalue weighted by Gasteiger charge is -2.27. The average molecular weight is 446 g/mol. The minimum Gasteiger partial charge on any atom is -0.406 e. The first kappa shape index (κ1) is 22.8. The molecular weight excluding hydrogens is 421 g/mol. The van der Waals surface area contributed by atoms with Gasteiger partial charge in [-0.25, -0.2) is 8.51 Å². The summed E-state index contributed by atoms with van der Waals surface area (Å²) in [5.74, 6) is 0.00323. The van der Waals surface area contributed by atoms with Crippen molar-refractivity contribution in [1.82, 2.24) is 9.62 Å². The lowest BCUT2D eigenvalue weighted by molar-refractivity contribution is -0.274. The molecule has 166 valence electrons. The van der Waals surface area contributed by atoms with E-state index in [1.54, 1.807) is 10.4 Å². The highest BCUT2D eigenvalue weighted by molar-refractivity contribution is 7.82. The lowest BCUT2D eigenvalue weighted by Crippen LogP contribution is -2.34. The molecule has 1 aromatic carbocycles. The molecule has 1 N–H and O–H groups in total. The van der Waals surface area contributed by atoms with E-state index in [4.69, 9.17) is 4.74 Å². The summed E-state index contributed by atoms with van der Waals surface area (Å²) in [4.78, 5) is 12.5. The molecule has 3 rings (SSSR count). The van der Waals surface area contributed by atoms with E-state index in [-0.39, 0.29) is 11.7 Å². The van der Waals surface area contributed by atoms with Crippen molar-refractivity contribution in [1.29, 1.82) is 0 Å². The summed E-state index contributed by atoms with van der Waals surface area (Å²) in [7, 11) is -1.48. The molecule has 1 aromatic rings. The summed E-state index contributed by atoms with van der Waals surface area (Å²) in [6, 6.07) is 5.04. The van der Waals surface area contributed by atoms with E-state index in [0.717, 1.165) is 43.8 Å². The number of ether oxygens (including phenoxy) is 2. The minimum atomic E-state index is -4.76. The third kappa shape index (κ3) is 7.10. The van der Waals surface area contributed by atoms with Crippen LogP contribution < -0.4 is 10.1 Å². The third-order valence-electron chi connectivity index (χ3n) is 5.10. The Morgan fingerprint density at radius 2 is 1.83 bits per heavy atom. The molecule has 0 aromatic heterocycles. The SMILES string of the molecule is O=C(C=C1CCN(S(=O)c2ccc(OC(F)(F)F)cc2)CC1)NCC1CCOCC1. The molecule has 2 aliphatic rings. The topological polar surface area (TPSA) is 67.9 Å². The second kappa shape index (κ2) is 10.4.